The molecule has 3 heterocycles. The Balaban J connectivity index is 0.00000210. The van der Waals surface area contributed by atoms with Crippen LogP contribution in [0.4, 0.5) is 0 Å². The van der Waals surface area contributed by atoms with E-state index in [2.05, 4.69) is 52.8 Å². The molecule has 0 spiro atoms. The molecule has 1 aromatic rings. The molecule has 1 amide bonds. The van der Waals surface area contributed by atoms with E-state index in [0.29, 0.717) is 23.9 Å². The summed E-state index contributed by atoms with van der Waals surface area (Å²) in [6.45, 7) is 5.45. The first-order valence-corrected chi connectivity index (χ1v) is 10.5. The Morgan fingerprint density at radius 1 is 1.19 bits per heavy atom. The highest BCUT2D eigenvalue weighted by molar-refractivity contribution is 5.85. The Morgan fingerprint density at radius 3 is 2.59 bits per heavy atom. The zero-order chi connectivity index (χ0) is 17.9. The van der Waals surface area contributed by atoms with Crippen LogP contribution in [0.3, 0.4) is 0 Å². The number of likely N-dealkylation sites (tertiary alicyclic amines) is 1. The minimum absolute atomic E-state index is 0. The zero-order valence-electron chi connectivity index (χ0n) is 16.4. The average molecular weight is 392 g/mol. The number of benzene rings is 1. The van der Waals surface area contributed by atoms with Crippen molar-refractivity contribution in [3.05, 3.63) is 35.9 Å². The fourth-order valence-electron chi connectivity index (χ4n) is 5.29. The van der Waals surface area contributed by atoms with Gasteiger partial charge in [0.1, 0.15) is 0 Å². The fraction of sp³-hybridized carbons (Fsp3) is 0.682. The Morgan fingerprint density at radius 2 is 1.89 bits per heavy atom. The van der Waals surface area contributed by atoms with Crippen LogP contribution in [0.5, 0.6) is 0 Å². The Bertz CT molecular complexity index is 599. The third-order valence-electron chi connectivity index (χ3n) is 6.70. The van der Waals surface area contributed by atoms with Crippen LogP contribution < -0.4 is 10.6 Å². The summed E-state index contributed by atoms with van der Waals surface area (Å²) in [7, 11) is 0. The molecule has 0 radical (unpaired) electrons. The topological polar surface area (TPSA) is 44.4 Å². The Hall–Kier alpha value is -1.10. The fourth-order valence-corrected chi connectivity index (χ4v) is 5.29. The van der Waals surface area contributed by atoms with Gasteiger partial charge in [-0.05, 0) is 63.0 Å². The summed E-state index contributed by atoms with van der Waals surface area (Å²) in [6, 6.07) is 12.3. The molecule has 2 N–H and O–H groups in total. The molecule has 3 aliphatic heterocycles. The summed E-state index contributed by atoms with van der Waals surface area (Å²) in [4.78, 5) is 15.1. The summed E-state index contributed by atoms with van der Waals surface area (Å²) in [6.07, 6.45) is 6.89. The van der Waals surface area contributed by atoms with Crippen molar-refractivity contribution in [1.82, 2.24) is 15.5 Å². The molecule has 0 aromatic heterocycles. The van der Waals surface area contributed by atoms with Crippen molar-refractivity contribution in [1.29, 1.82) is 0 Å². The lowest BCUT2D eigenvalue weighted by Gasteiger charge is -2.29. The third-order valence-corrected chi connectivity index (χ3v) is 6.70. The van der Waals surface area contributed by atoms with Crippen molar-refractivity contribution in [3.8, 4) is 0 Å². The number of nitrogens with zero attached hydrogens (tertiary/aromatic N) is 1. The Labute approximate surface area is 169 Å². The summed E-state index contributed by atoms with van der Waals surface area (Å²) >= 11 is 0. The van der Waals surface area contributed by atoms with Crippen LogP contribution in [-0.2, 0) is 11.3 Å². The zero-order valence-corrected chi connectivity index (χ0v) is 17.2. The van der Waals surface area contributed by atoms with E-state index < -0.39 is 0 Å². The van der Waals surface area contributed by atoms with E-state index in [1.807, 2.05) is 0 Å². The molecule has 4 atom stereocenters. The van der Waals surface area contributed by atoms with Gasteiger partial charge in [-0.1, -0.05) is 30.3 Å². The van der Waals surface area contributed by atoms with Crippen molar-refractivity contribution in [2.24, 2.45) is 11.8 Å². The SMILES string of the molecule is CC(NC(=O)CC1CC2CCC(C1)N2)C1CCN(Cc2ccccc2)C1.Cl. The number of piperidine rings is 1. The van der Waals surface area contributed by atoms with Crippen molar-refractivity contribution >= 4 is 18.3 Å². The van der Waals surface area contributed by atoms with E-state index in [1.165, 1.54) is 37.7 Å². The second kappa shape index (κ2) is 9.40. The minimum atomic E-state index is 0. The molecule has 2 bridgehead atoms. The lowest BCUT2D eigenvalue weighted by atomic mass is 9.89. The molecule has 150 valence electrons. The predicted octanol–water partition coefficient (Wildman–Crippen LogP) is 3.36. The van der Waals surface area contributed by atoms with Crippen LogP contribution in [-0.4, -0.2) is 42.0 Å². The maximum atomic E-state index is 12.5. The van der Waals surface area contributed by atoms with Gasteiger partial charge in [-0.25, -0.2) is 0 Å². The standard InChI is InChI=1S/C22H33N3O.ClH/c1-16(19-9-10-25(15-19)14-17-5-3-2-4-6-17)23-22(26)13-18-11-20-7-8-21(12-18)24-20;/h2-6,16,18-21,24H,7-15H2,1H3,(H,23,26);1H. The molecule has 27 heavy (non-hydrogen) atoms. The largest absolute Gasteiger partial charge is 0.353 e. The molecule has 3 fully saturated rings. The summed E-state index contributed by atoms with van der Waals surface area (Å²) < 4.78 is 0. The molecule has 0 saturated carbocycles. The van der Waals surface area contributed by atoms with Crippen molar-refractivity contribution in [3.63, 3.8) is 0 Å². The van der Waals surface area contributed by atoms with E-state index in [-0.39, 0.29) is 24.4 Å². The van der Waals surface area contributed by atoms with Gasteiger partial charge in [0.25, 0.3) is 0 Å². The lowest BCUT2D eigenvalue weighted by Crippen LogP contribution is -2.42. The van der Waals surface area contributed by atoms with Gasteiger partial charge in [-0.2, -0.15) is 0 Å². The highest BCUT2D eigenvalue weighted by Gasteiger charge is 2.35. The van der Waals surface area contributed by atoms with E-state index in [0.717, 1.165) is 26.1 Å². The molecular formula is C22H34ClN3O. The number of halogens is 1. The number of fused-ring (bicyclic) bond motifs is 2. The van der Waals surface area contributed by atoms with E-state index >= 15 is 0 Å². The minimum Gasteiger partial charge on any atom is -0.353 e. The number of nitrogens with one attached hydrogen (secondary N) is 2. The van der Waals surface area contributed by atoms with E-state index in [1.54, 1.807) is 0 Å². The first kappa shape index (κ1) is 20.6. The molecule has 4 unspecified atom stereocenters. The quantitative estimate of drug-likeness (QED) is 0.781. The molecular weight excluding hydrogens is 358 g/mol. The molecule has 5 heteroatoms. The monoisotopic (exact) mass is 391 g/mol. The summed E-state index contributed by atoms with van der Waals surface area (Å²) in [5.41, 5.74) is 1.38. The van der Waals surface area contributed by atoms with Gasteiger partial charge in [-0.15, -0.1) is 12.4 Å². The second-order valence-electron chi connectivity index (χ2n) is 8.81. The normalized spacial score (nSPS) is 31.3. The third kappa shape index (κ3) is 5.46. The number of rotatable bonds is 6. The van der Waals surface area contributed by atoms with Crippen LogP contribution in [0.25, 0.3) is 0 Å². The molecule has 3 saturated heterocycles. The van der Waals surface area contributed by atoms with Crippen LogP contribution >= 0.6 is 12.4 Å². The highest BCUT2D eigenvalue weighted by Crippen LogP contribution is 2.32. The number of carbonyl (C=O) groups excluding carboxylic acids is 1. The highest BCUT2D eigenvalue weighted by atomic mass is 35.5. The van der Waals surface area contributed by atoms with Crippen molar-refractivity contribution in [2.75, 3.05) is 13.1 Å². The second-order valence-corrected chi connectivity index (χ2v) is 8.81. The van der Waals surface area contributed by atoms with Crippen LogP contribution in [0.15, 0.2) is 30.3 Å². The first-order chi connectivity index (χ1) is 12.7. The van der Waals surface area contributed by atoms with E-state index in [4.69, 9.17) is 0 Å². The predicted molar refractivity (Wildman–Crippen MR) is 112 cm³/mol. The maximum absolute atomic E-state index is 12.5. The van der Waals surface area contributed by atoms with Crippen LogP contribution in [0.2, 0.25) is 0 Å². The van der Waals surface area contributed by atoms with Gasteiger partial charge in [-0.3, -0.25) is 9.69 Å². The lowest BCUT2D eigenvalue weighted by molar-refractivity contribution is -0.123. The molecule has 0 aliphatic carbocycles. The molecule has 4 nitrogen and oxygen atoms in total. The number of carbonyl (C=O) groups is 1. The van der Waals surface area contributed by atoms with Crippen LogP contribution in [0.1, 0.15) is 51.0 Å². The van der Waals surface area contributed by atoms with Gasteiger partial charge in [0, 0.05) is 37.6 Å². The van der Waals surface area contributed by atoms with Gasteiger partial charge in [0.15, 0.2) is 0 Å². The average Bonchev–Trinajstić information content (AvgIpc) is 3.22. The maximum Gasteiger partial charge on any atom is 0.220 e. The summed E-state index contributed by atoms with van der Waals surface area (Å²) in [5, 5.41) is 6.98. The first-order valence-electron chi connectivity index (χ1n) is 10.5. The van der Waals surface area contributed by atoms with Crippen LogP contribution in [0, 0.1) is 11.8 Å². The number of hydrogen-bond donors (Lipinski definition) is 2. The van der Waals surface area contributed by atoms with Gasteiger partial charge in [0.05, 0.1) is 0 Å². The van der Waals surface area contributed by atoms with Gasteiger partial charge >= 0.3 is 0 Å². The van der Waals surface area contributed by atoms with Gasteiger partial charge < -0.3 is 10.6 Å². The smallest absolute Gasteiger partial charge is 0.220 e. The molecule has 4 rings (SSSR count). The van der Waals surface area contributed by atoms with Gasteiger partial charge in [0.2, 0.25) is 5.91 Å². The summed E-state index contributed by atoms with van der Waals surface area (Å²) in [5.74, 6) is 1.43. The molecule has 3 aliphatic rings. The van der Waals surface area contributed by atoms with E-state index in [9.17, 15) is 4.79 Å². The number of hydrogen-bond acceptors (Lipinski definition) is 3. The van der Waals surface area contributed by atoms with Crippen molar-refractivity contribution < 1.29 is 4.79 Å². The Kier molecular flexibility index (Phi) is 7.18. The molecule has 1 aromatic carbocycles. The van der Waals surface area contributed by atoms with Crippen molar-refractivity contribution in [2.45, 2.75) is 70.1 Å². The number of amides is 1.